The van der Waals surface area contributed by atoms with Gasteiger partial charge in [0, 0.05) is 5.69 Å². The summed E-state index contributed by atoms with van der Waals surface area (Å²) in [5.41, 5.74) is 2.16. The standard InChI is InChI=1S/C14H17ClN4O/c1-4-10-5-7-11(8-6-10)16-13-17-12(15)18-14(19-13)20-9(2)3/h5-9H,4H2,1-3H3,(H,16,17,18,19). The second-order valence-electron chi connectivity index (χ2n) is 4.55. The summed E-state index contributed by atoms with van der Waals surface area (Å²) in [6.45, 7) is 5.91. The maximum Gasteiger partial charge on any atom is 0.322 e. The molecule has 0 amide bonds. The molecule has 2 aromatic rings. The predicted octanol–water partition coefficient (Wildman–Crippen LogP) is 3.62. The summed E-state index contributed by atoms with van der Waals surface area (Å²) in [7, 11) is 0. The Bertz CT molecular complexity index is 572. The van der Waals surface area contributed by atoms with E-state index in [2.05, 4.69) is 39.3 Å². The zero-order valence-corrected chi connectivity index (χ0v) is 12.5. The van der Waals surface area contributed by atoms with Crippen LogP contribution >= 0.6 is 11.6 Å². The van der Waals surface area contributed by atoms with Crippen molar-refractivity contribution >= 4 is 23.2 Å². The lowest BCUT2D eigenvalue weighted by atomic mass is 10.1. The minimum atomic E-state index is -0.0230. The number of nitrogens with one attached hydrogen (secondary N) is 1. The minimum Gasteiger partial charge on any atom is -0.461 e. The van der Waals surface area contributed by atoms with Crippen molar-refractivity contribution in [2.75, 3.05) is 5.32 Å². The Morgan fingerprint density at radius 2 is 1.85 bits per heavy atom. The first-order chi connectivity index (χ1) is 9.56. The Labute approximate surface area is 123 Å². The fourth-order valence-electron chi connectivity index (χ4n) is 1.60. The number of anilines is 2. The number of aryl methyl sites for hydroxylation is 1. The lowest BCUT2D eigenvalue weighted by Crippen LogP contribution is -2.10. The molecule has 0 aliphatic heterocycles. The van der Waals surface area contributed by atoms with E-state index >= 15 is 0 Å². The quantitative estimate of drug-likeness (QED) is 0.912. The molecule has 2 rings (SSSR count). The van der Waals surface area contributed by atoms with Crippen LogP contribution in [0.15, 0.2) is 24.3 Å². The molecule has 106 valence electrons. The number of halogens is 1. The molecule has 0 fully saturated rings. The highest BCUT2D eigenvalue weighted by atomic mass is 35.5. The Morgan fingerprint density at radius 3 is 2.45 bits per heavy atom. The van der Waals surface area contributed by atoms with E-state index in [0.29, 0.717) is 5.95 Å². The van der Waals surface area contributed by atoms with Gasteiger partial charge in [0.05, 0.1) is 6.10 Å². The smallest absolute Gasteiger partial charge is 0.322 e. The van der Waals surface area contributed by atoms with Gasteiger partial charge in [-0.1, -0.05) is 19.1 Å². The van der Waals surface area contributed by atoms with Crippen LogP contribution in [0.25, 0.3) is 0 Å². The summed E-state index contributed by atoms with van der Waals surface area (Å²) in [6, 6.07) is 8.26. The zero-order chi connectivity index (χ0) is 14.5. The van der Waals surface area contributed by atoms with E-state index in [1.807, 2.05) is 26.0 Å². The van der Waals surface area contributed by atoms with E-state index < -0.39 is 0 Å². The van der Waals surface area contributed by atoms with E-state index in [9.17, 15) is 0 Å². The largest absolute Gasteiger partial charge is 0.461 e. The molecule has 0 unspecified atom stereocenters. The summed E-state index contributed by atoms with van der Waals surface area (Å²) in [5.74, 6) is 0.366. The maximum absolute atomic E-state index is 5.87. The highest BCUT2D eigenvalue weighted by Crippen LogP contribution is 2.18. The molecule has 0 aliphatic carbocycles. The summed E-state index contributed by atoms with van der Waals surface area (Å²) >= 11 is 5.87. The van der Waals surface area contributed by atoms with E-state index in [1.54, 1.807) is 0 Å². The van der Waals surface area contributed by atoms with Gasteiger partial charge in [-0.3, -0.25) is 0 Å². The lowest BCUT2D eigenvalue weighted by Gasteiger charge is -2.10. The third kappa shape index (κ3) is 4.06. The number of hydrogen-bond donors (Lipinski definition) is 1. The van der Waals surface area contributed by atoms with E-state index in [1.165, 1.54) is 5.56 Å². The second kappa shape index (κ2) is 6.52. The van der Waals surface area contributed by atoms with Crippen LogP contribution in [0, 0.1) is 0 Å². The Hall–Kier alpha value is -1.88. The second-order valence-corrected chi connectivity index (χ2v) is 4.89. The van der Waals surface area contributed by atoms with E-state index in [0.717, 1.165) is 12.1 Å². The normalized spacial score (nSPS) is 10.7. The first-order valence-electron chi connectivity index (χ1n) is 6.51. The number of hydrogen-bond acceptors (Lipinski definition) is 5. The molecule has 1 aromatic carbocycles. The Kier molecular flexibility index (Phi) is 4.74. The van der Waals surface area contributed by atoms with Crippen LogP contribution in [0.2, 0.25) is 5.28 Å². The Morgan fingerprint density at radius 1 is 1.15 bits per heavy atom. The summed E-state index contributed by atoms with van der Waals surface area (Å²) < 4.78 is 5.42. The minimum absolute atomic E-state index is 0.0230. The topological polar surface area (TPSA) is 59.9 Å². The van der Waals surface area contributed by atoms with Crippen LogP contribution in [0.1, 0.15) is 26.3 Å². The summed E-state index contributed by atoms with van der Waals surface area (Å²) in [4.78, 5) is 12.1. The lowest BCUT2D eigenvalue weighted by molar-refractivity contribution is 0.222. The van der Waals surface area contributed by atoms with Crippen molar-refractivity contribution in [1.82, 2.24) is 15.0 Å². The molecule has 0 atom stereocenters. The van der Waals surface area contributed by atoms with E-state index in [-0.39, 0.29) is 17.4 Å². The highest BCUT2D eigenvalue weighted by molar-refractivity contribution is 6.28. The van der Waals surface area contributed by atoms with Crippen molar-refractivity contribution in [3.05, 3.63) is 35.1 Å². The number of benzene rings is 1. The van der Waals surface area contributed by atoms with Crippen LogP contribution < -0.4 is 10.1 Å². The number of ether oxygens (including phenoxy) is 1. The summed E-state index contributed by atoms with van der Waals surface area (Å²) in [6.07, 6.45) is 0.981. The van der Waals surface area contributed by atoms with Gasteiger partial charge < -0.3 is 10.1 Å². The SMILES string of the molecule is CCc1ccc(Nc2nc(Cl)nc(OC(C)C)n2)cc1. The average molecular weight is 293 g/mol. The van der Waals surface area contributed by atoms with Crippen molar-refractivity contribution in [2.45, 2.75) is 33.3 Å². The molecule has 1 aromatic heterocycles. The van der Waals surface area contributed by atoms with Crippen molar-refractivity contribution < 1.29 is 4.74 Å². The van der Waals surface area contributed by atoms with Gasteiger partial charge in [-0.2, -0.15) is 15.0 Å². The first kappa shape index (κ1) is 14.5. The van der Waals surface area contributed by atoms with E-state index in [4.69, 9.17) is 16.3 Å². The molecule has 1 heterocycles. The van der Waals surface area contributed by atoms with Crippen molar-refractivity contribution in [3.8, 4) is 6.01 Å². The van der Waals surface area contributed by atoms with Gasteiger partial charge >= 0.3 is 6.01 Å². The van der Waals surface area contributed by atoms with Crippen LogP contribution in [-0.2, 0) is 6.42 Å². The van der Waals surface area contributed by atoms with Gasteiger partial charge in [0.1, 0.15) is 0 Å². The number of rotatable bonds is 5. The van der Waals surface area contributed by atoms with Gasteiger partial charge in [-0.15, -0.1) is 0 Å². The monoisotopic (exact) mass is 292 g/mol. The first-order valence-corrected chi connectivity index (χ1v) is 6.89. The van der Waals surface area contributed by atoms with Gasteiger partial charge in [-0.25, -0.2) is 0 Å². The maximum atomic E-state index is 5.87. The highest BCUT2D eigenvalue weighted by Gasteiger charge is 2.08. The van der Waals surface area contributed by atoms with Crippen LogP contribution in [-0.4, -0.2) is 21.1 Å². The van der Waals surface area contributed by atoms with Crippen LogP contribution in [0.4, 0.5) is 11.6 Å². The van der Waals surface area contributed by atoms with Gasteiger partial charge in [-0.05, 0) is 49.6 Å². The number of nitrogens with zero attached hydrogens (tertiary/aromatic N) is 3. The molecule has 0 spiro atoms. The third-order valence-corrected chi connectivity index (χ3v) is 2.72. The van der Waals surface area contributed by atoms with Gasteiger partial charge in [0.15, 0.2) is 0 Å². The van der Waals surface area contributed by atoms with Gasteiger partial charge in [0.25, 0.3) is 0 Å². The molecule has 6 heteroatoms. The molecule has 0 saturated carbocycles. The molecular formula is C14H17ClN4O. The van der Waals surface area contributed by atoms with Crippen molar-refractivity contribution in [2.24, 2.45) is 0 Å². The fraction of sp³-hybridized carbons (Fsp3) is 0.357. The van der Waals surface area contributed by atoms with Crippen molar-refractivity contribution in [3.63, 3.8) is 0 Å². The van der Waals surface area contributed by atoms with Gasteiger partial charge in [0.2, 0.25) is 11.2 Å². The predicted molar refractivity (Wildman–Crippen MR) is 79.7 cm³/mol. The summed E-state index contributed by atoms with van der Waals surface area (Å²) in [5, 5.41) is 3.18. The van der Waals surface area contributed by atoms with Crippen LogP contribution in [0.3, 0.4) is 0 Å². The molecule has 20 heavy (non-hydrogen) atoms. The molecule has 0 aliphatic rings. The Balaban J connectivity index is 2.17. The molecular weight excluding hydrogens is 276 g/mol. The zero-order valence-electron chi connectivity index (χ0n) is 11.7. The molecule has 0 radical (unpaired) electrons. The molecule has 0 saturated heterocycles. The average Bonchev–Trinajstić information content (AvgIpc) is 2.38. The third-order valence-electron chi connectivity index (χ3n) is 2.55. The molecule has 1 N–H and O–H groups in total. The van der Waals surface area contributed by atoms with Crippen LogP contribution in [0.5, 0.6) is 6.01 Å². The fourth-order valence-corrected chi connectivity index (χ4v) is 1.76. The molecule has 0 bridgehead atoms. The molecule has 5 nitrogen and oxygen atoms in total. The van der Waals surface area contributed by atoms with Crippen molar-refractivity contribution in [1.29, 1.82) is 0 Å². The number of aromatic nitrogens is 3.